The summed E-state index contributed by atoms with van der Waals surface area (Å²) in [4.78, 5) is 9.44. The second-order valence-electron chi connectivity index (χ2n) is 1.12. The summed E-state index contributed by atoms with van der Waals surface area (Å²) in [5, 5.41) is 0. The lowest BCUT2D eigenvalue weighted by Gasteiger charge is -1.77. The zero-order chi connectivity index (χ0) is 6.62. The van der Waals surface area contributed by atoms with Crippen LogP contribution in [0, 0.1) is 0 Å². The molecule has 0 aliphatic rings. The van der Waals surface area contributed by atoms with E-state index >= 15 is 0 Å². The standard InChI is InChI=1S/C3H5NO3S/c1-8(6,7)4-2-3-5/h2-3H,1H3/b4-2+. The first-order valence-corrected chi connectivity index (χ1v) is 3.60. The highest BCUT2D eigenvalue weighted by Crippen LogP contribution is 1.78. The van der Waals surface area contributed by atoms with Crippen molar-refractivity contribution in [3.8, 4) is 0 Å². The number of hydrogen-bond donors (Lipinski definition) is 0. The highest BCUT2D eigenvalue weighted by molar-refractivity contribution is 7.89. The summed E-state index contributed by atoms with van der Waals surface area (Å²) in [6.07, 6.45) is 1.91. The molecule has 0 aromatic rings. The molecule has 4 nitrogen and oxygen atoms in total. The molecule has 0 aromatic heterocycles. The van der Waals surface area contributed by atoms with Crippen molar-refractivity contribution in [2.75, 3.05) is 6.26 Å². The zero-order valence-electron chi connectivity index (χ0n) is 4.23. The summed E-state index contributed by atoms with van der Waals surface area (Å²) in [5.41, 5.74) is 0. The van der Waals surface area contributed by atoms with Gasteiger partial charge < -0.3 is 0 Å². The lowest BCUT2D eigenvalue weighted by atomic mass is 10.9. The Labute approximate surface area is 47.3 Å². The van der Waals surface area contributed by atoms with Crippen LogP contribution in [-0.4, -0.2) is 27.2 Å². The fourth-order valence-electron chi connectivity index (χ4n) is 0.135. The van der Waals surface area contributed by atoms with Crippen molar-refractivity contribution < 1.29 is 13.2 Å². The van der Waals surface area contributed by atoms with Crippen LogP contribution in [0.1, 0.15) is 0 Å². The van der Waals surface area contributed by atoms with Crippen LogP contribution in [-0.2, 0) is 14.8 Å². The number of hydrogen-bond acceptors (Lipinski definition) is 3. The monoisotopic (exact) mass is 135 g/mol. The van der Waals surface area contributed by atoms with Gasteiger partial charge >= 0.3 is 0 Å². The summed E-state index contributed by atoms with van der Waals surface area (Å²) in [6, 6.07) is 0. The third-order valence-corrected chi connectivity index (χ3v) is 0.818. The smallest absolute Gasteiger partial charge is 0.250 e. The van der Waals surface area contributed by atoms with E-state index in [1.54, 1.807) is 0 Å². The third-order valence-electron chi connectivity index (χ3n) is 0.313. The Morgan fingerprint density at radius 1 is 1.50 bits per heavy atom. The minimum Gasteiger partial charge on any atom is -0.297 e. The average Bonchev–Trinajstić information content (AvgIpc) is 1.59. The molecule has 0 saturated carbocycles. The van der Waals surface area contributed by atoms with Crippen LogP contribution in [0.5, 0.6) is 0 Å². The van der Waals surface area contributed by atoms with E-state index < -0.39 is 10.0 Å². The largest absolute Gasteiger partial charge is 0.297 e. The first kappa shape index (κ1) is 7.29. The van der Waals surface area contributed by atoms with E-state index in [1.807, 2.05) is 0 Å². The molecule has 0 bridgehead atoms. The number of aldehydes is 1. The van der Waals surface area contributed by atoms with Crippen LogP contribution in [0.25, 0.3) is 0 Å². The van der Waals surface area contributed by atoms with E-state index in [0.29, 0.717) is 12.5 Å². The van der Waals surface area contributed by atoms with Crippen LogP contribution in [0.3, 0.4) is 0 Å². The van der Waals surface area contributed by atoms with Crippen LogP contribution in [0.15, 0.2) is 4.40 Å². The Morgan fingerprint density at radius 3 is 2.12 bits per heavy atom. The summed E-state index contributed by atoms with van der Waals surface area (Å²) >= 11 is 0. The van der Waals surface area contributed by atoms with Crippen LogP contribution in [0.4, 0.5) is 0 Å². The van der Waals surface area contributed by atoms with E-state index in [9.17, 15) is 13.2 Å². The molecule has 0 N–H and O–H groups in total. The second kappa shape index (κ2) is 2.56. The lowest BCUT2D eigenvalue weighted by Crippen LogP contribution is -1.90. The van der Waals surface area contributed by atoms with Gasteiger partial charge in [0.05, 0.1) is 12.5 Å². The maximum Gasteiger partial charge on any atom is 0.250 e. The molecule has 0 aliphatic carbocycles. The van der Waals surface area contributed by atoms with Gasteiger partial charge in [-0.25, -0.2) is 8.42 Å². The van der Waals surface area contributed by atoms with E-state index in [-0.39, 0.29) is 0 Å². The SMILES string of the molecule is CS(=O)(=O)/N=C/C=O. The molecule has 0 unspecified atom stereocenters. The minimum atomic E-state index is -3.35. The molecule has 46 valence electrons. The summed E-state index contributed by atoms with van der Waals surface area (Å²) in [6.45, 7) is 0. The second-order valence-corrected chi connectivity index (χ2v) is 2.80. The van der Waals surface area contributed by atoms with Crippen LogP contribution >= 0.6 is 0 Å². The van der Waals surface area contributed by atoms with E-state index in [0.717, 1.165) is 6.26 Å². The molecule has 0 atom stereocenters. The molecule has 0 radical (unpaired) electrons. The summed E-state index contributed by atoms with van der Waals surface area (Å²) in [5.74, 6) is 0. The maximum absolute atomic E-state index is 10.0. The number of nitrogens with zero attached hydrogens (tertiary/aromatic N) is 1. The van der Waals surface area contributed by atoms with Gasteiger partial charge in [-0.2, -0.15) is 4.40 Å². The number of carbonyl (C=O) groups excluding carboxylic acids is 1. The van der Waals surface area contributed by atoms with Crippen molar-refractivity contribution in [1.29, 1.82) is 0 Å². The Morgan fingerprint density at radius 2 is 2.00 bits per heavy atom. The summed E-state index contributed by atoms with van der Waals surface area (Å²) < 4.78 is 22.9. The number of carbonyl (C=O) groups is 1. The number of rotatable bonds is 2. The van der Waals surface area contributed by atoms with Crippen molar-refractivity contribution in [2.24, 2.45) is 4.40 Å². The molecule has 0 amide bonds. The predicted molar refractivity (Wildman–Crippen MR) is 29.4 cm³/mol. The molecule has 0 aliphatic heterocycles. The quantitative estimate of drug-likeness (QED) is 0.368. The highest BCUT2D eigenvalue weighted by Gasteiger charge is 1.89. The fourth-order valence-corrected chi connectivity index (χ4v) is 0.406. The summed E-state index contributed by atoms with van der Waals surface area (Å²) in [7, 11) is -3.35. The van der Waals surface area contributed by atoms with E-state index in [4.69, 9.17) is 0 Å². The van der Waals surface area contributed by atoms with Crippen molar-refractivity contribution in [3.63, 3.8) is 0 Å². The molecule has 8 heavy (non-hydrogen) atoms. The van der Waals surface area contributed by atoms with Crippen LogP contribution < -0.4 is 0 Å². The molecular weight excluding hydrogens is 130 g/mol. The first-order valence-electron chi connectivity index (χ1n) is 1.75. The molecule has 0 saturated heterocycles. The lowest BCUT2D eigenvalue weighted by molar-refractivity contribution is -0.102. The molecule has 0 heterocycles. The maximum atomic E-state index is 10.0. The van der Waals surface area contributed by atoms with Gasteiger partial charge in [0.25, 0.3) is 0 Å². The van der Waals surface area contributed by atoms with Crippen molar-refractivity contribution >= 4 is 22.5 Å². The zero-order valence-corrected chi connectivity index (χ0v) is 5.05. The normalized spacial score (nSPS) is 12.1. The van der Waals surface area contributed by atoms with Gasteiger partial charge in [0.2, 0.25) is 10.0 Å². The predicted octanol–water partition coefficient (Wildman–Crippen LogP) is -0.784. The van der Waals surface area contributed by atoms with Gasteiger partial charge in [-0.3, -0.25) is 4.79 Å². The van der Waals surface area contributed by atoms with Gasteiger partial charge in [0.15, 0.2) is 6.29 Å². The Hall–Kier alpha value is -0.710. The Bertz CT molecular complexity index is 191. The highest BCUT2D eigenvalue weighted by atomic mass is 32.2. The topological polar surface area (TPSA) is 63.6 Å². The van der Waals surface area contributed by atoms with E-state index in [1.165, 1.54) is 0 Å². The molecule has 0 fully saturated rings. The first-order chi connectivity index (χ1) is 3.56. The van der Waals surface area contributed by atoms with Crippen LogP contribution in [0.2, 0.25) is 0 Å². The van der Waals surface area contributed by atoms with Gasteiger partial charge in [-0.05, 0) is 0 Å². The Balaban J connectivity index is 4.12. The number of sulfonamides is 1. The average molecular weight is 135 g/mol. The van der Waals surface area contributed by atoms with Gasteiger partial charge in [0, 0.05) is 0 Å². The Kier molecular flexibility index (Phi) is 2.33. The minimum absolute atomic E-state index is 0.307. The van der Waals surface area contributed by atoms with Crippen molar-refractivity contribution in [3.05, 3.63) is 0 Å². The van der Waals surface area contributed by atoms with Gasteiger partial charge in [-0.1, -0.05) is 0 Å². The van der Waals surface area contributed by atoms with Gasteiger partial charge in [0.1, 0.15) is 0 Å². The molecule has 0 aromatic carbocycles. The molecule has 5 heteroatoms. The molecule has 0 rings (SSSR count). The van der Waals surface area contributed by atoms with E-state index in [2.05, 4.69) is 4.40 Å². The fraction of sp³-hybridized carbons (Fsp3) is 0.333. The molecule has 0 spiro atoms. The molecular formula is C3H5NO3S. The van der Waals surface area contributed by atoms with Crippen molar-refractivity contribution in [2.45, 2.75) is 0 Å². The van der Waals surface area contributed by atoms with Crippen molar-refractivity contribution in [1.82, 2.24) is 0 Å². The third kappa shape index (κ3) is 5.29. The van der Waals surface area contributed by atoms with Gasteiger partial charge in [-0.15, -0.1) is 0 Å².